The molecule has 3 aromatic rings. The molecule has 1 heterocycles. The largest absolute Gasteiger partial charge is 0.495 e. The first-order valence-electron chi connectivity index (χ1n) is 7.47. The van der Waals surface area contributed by atoms with Crippen LogP contribution in [0, 0.1) is 0 Å². The first kappa shape index (κ1) is 17.3. The molecule has 0 aliphatic rings. The zero-order valence-corrected chi connectivity index (χ0v) is 14.9. The molecule has 0 bridgehead atoms. The normalized spacial score (nSPS) is 10.5. The number of nitrogens with one attached hydrogen (secondary N) is 1. The number of anilines is 1. The van der Waals surface area contributed by atoms with Crippen molar-refractivity contribution in [2.45, 2.75) is 6.54 Å². The predicted octanol–water partition coefficient (Wildman–Crippen LogP) is 4.50. The van der Waals surface area contributed by atoms with Gasteiger partial charge in [-0.05, 0) is 35.9 Å². The summed E-state index contributed by atoms with van der Waals surface area (Å²) in [5.41, 5.74) is 2.17. The van der Waals surface area contributed by atoms with Crippen LogP contribution in [0.4, 0.5) is 5.69 Å². The van der Waals surface area contributed by atoms with Gasteiger partial charge in [0.05, 0.1) is 29.9 Å². The van der Waals surface area contributed by atoms with Gasteiger partial charge in [-0.15, -0.1) is 0 Å². The minimum atomic E-state index is -0.213. The molecule has 25 heavy (non-hydrogen) atoms. The molecule has 0 spiro atoms. The fourth-order valence-electron chi connectivity index (χ4n) is 2.32. The molecule has 0 aliphatic carbocycles. The van der Waals surface area contributed by atoms with Gasteiger partial charge in [0.1, 0.15) is 5.75 Å². The number of hydrogen-bond donors (Lipinski definition) is 1. The van der Waals surface area contributed by atoms with Crippen molar-refractivity contribution >= 4 is 34.8 Å². The quantitative estimate of drug-likeness (QED) is 0.714. The van der Waals surface area contributed by atoms with Crippen LogP contribution in [0.5, 0.6) is 5.75 Å². The van der Waals surface area contributed by atoms with Crippen LogP contribution in [0.25, 0.3) is 0 Å². The summed E-state index contributed by atoms with van der Waals surface area (Å²) in [4.78, 5) is 12.3. The number of hydrogen-bond acceptors (Lipinski definition) is 3. The van der Waals surface area contributed by atoms with Crippen molar-refractivity contribution in [2.75, 3.05) is 12.4 Å². The smallest absolute Gasteiger partial charge is 0.255 e. The van der Waals surface area contributed by atoms with Crippen molar-refractivity contribution in [3.63, 3.8) is 0 Å². The van der Waals surface area contributed by atoms with Gasteiger partial charge in [0.15, 0.2) is 0 Å². The molecule has 0 unspecified atom stereocenters. The van der Waals surface area contributed by atoms with E-state index in [4.69, 9.17) is 27.9 Å². The molecule has 0 fully saturated rings. The van der Waals surface area contributed by atoms with Crippen molar-refractivity contribution in [1.29, 1.82) is 0 Å². The number of methoxy groups -OCH3 is 1. The zero-order chi connectivity index (χ0) is 17.8. The van der Waals surface area contributed by atoms with Gasteiger partial charge in [0.25, 0.3) is 5.91 Å². The molecule has 1 N–H and O–H groups in total. The summed E-state index contributed by atoms with van der Waals surface area (Å²) >= 11 is 11.9. The molecule has 3 rings (SSSR count). The number of rotatable bonds is 5. The van der Waals surface area contributed by atoms with Gasteiger partial charge in [-0.2, -0.15) is 5.10 Å². The Morgan fingerprint density at radius 2 is 1.96 bits per heavy atom. The van der Waals surface area contributed by atoms with Gasteiger partial charge < -0.3 is 10.1 Å². The number of halogens is 2. The summed E-state index contributed by atoms with van der Waals surface area (Å²) in [6, 6.07) is 12.4. The van der Waals surface area contributed by atoms with Gasteiger partial charge >= 0.3 is 0 Å². The van der Waals surface area contributed by atoms with Crippen LogP contribution in [0.15, 0.2) is 54.9 Å². The third-order valence-corrected chi connectivity index (χ3v) is 4.06. The van der Waals surface area contributed by atoms with E-state index in [-0.39, 0.29) is 5.91 Å². The molecule has 7 heteroatoms. The third kappa shape index (κ3) is 4.32. The van der Waals surface area contributed by atoms with Crippen molar-refractivity contribution in [2.24, 2.45) is 0 Å². The maximum absolute atomic E-state index is 12.3. The highest BCUT2D eigenvalue weighted by Crippen LogP contribution is 2.27. The highest BCUT2D eigenvalue weighted by molar-refractivity contribution is 6.32. The molecule has 0 saturated carbocycles. The molecule has 0 atom stereocenters. The van der Waals surface area contributed by atoms with Gasteiger partial charge in [0, 0.05) is 17.4 Å². The Kier molecular flexibility index (Phi) is 5.26. The van der Waals surface area contributed by atoms with E-state index in [1.54, 1.807) is 47.4 Å². The molecule has 2 aromatic carbocycles. The first-order valence-corrected chi connectivity index (χ1v) is 8.22. The lowest BCUT2D eigenvalue weighted by Crippen LogP contribution is -2.12. The Labute approximate surface area is 155 Å². The van der Waals surface area contributed by atoms with E-state index in [9.17, 15) is 4.79 Å². The Balaban J connectivity index is 1.67. The van der Waals surface area contributed by atoms with Crippen LogP contribution in [-0.4, -0.2) is 22.8 Å². The number of aromatic nitrogens is 2. The Bertz CT molecular complexity index is 892. The molecular formula is C18H15Cl2N3O2. The van der Waals surface area contributed by atoms with Gasteiger partial charge in [-0.3, -0.25) is 9.48 Å². The highest BCUT2D eigenvalue weighted by atomic mass is 35.5. The van der Waals surface area contributed by atoms with Crippen molar-refractivity contribution in [1.82, 2.24) is 9.78 Å². The van der Waals surface area contributed by atoms with Gasteiger partial charge in [0.2, 0.25) is 0 Å². The van der Waals surface area contributed by atoms with E-state index in [0.29, 0.717) is 33.6 Å². The van der Waals surface area contributed by atoms with E-state index in [1.807, 2.05) is 12.1 Å². The molecule has 5 nitrogen and oxygen atoms in total. The molecule has 128 valence electrons. The lowest BCUT2D eigenvalue weighted by molar-refractivity contribution is 0.102. The summed E-state index contributed by atoms with van der Waals surface area (Å²) in [7, 11) is 1.54. The van der Waals surface area contributed by atoms with E-state index in [0.717, 1.165) is 5.56 Å². The Morgan fingerprint density at radius 1 is 1.20 bits per heavy atom. The summed E-state index contributed by atoms with van der Waals surface area (Å²) in [5, 5.41) is 7.97. The SMILES string of the molecule is COc1ccc(NC(=O)c2ccc(Cn3cc(Cl)cn3)cc2)cc1Cl. The van der Waals surface area contributed by atoms with E-state index in [1.165, 1.54) is 7.11 Å². The number of amides is 1. The second-order valence-electron chi connectivity index (χ2n) is 5.36. The molecule has 1 amide bonds. The van der Waals surface area contributed by atoms with Gasteiger partial charge in [-0.1, -0.05) is 35.3 Å². The van der Waals surface area contributed by atoms with Crippen LogP contribution < -0.4 is 10.1 Å². The highest BCUT2D eigenvalue weighted by Gasteiger charge is 2.08. The maximum Gasteiger partial charge on any atom is 0.255 e. The third-order valence-electron chi connectivity index (χ3n) is 3.57. The standard InChI is InChI=1S/C18H15Cl2N3O2/c1-25-17-7-6-15(8-16(17)20)22-18(24)13-4-2-12(3-5-13)10-23-11-14(19)9-21-23/h2-9,11H,10H2,1H3,(H,22,24). The van der Waals surface area contributed by atoms with Crippen molar-refractivity contribution in [3.8, 4) is 5.75 Å². The fraction of sp³-hybridized carbons (Fsp3) is 0.111. The number of ether oxygens (including phenoxy) is 1. The zero-order valence-electron chi connectivity index (χ0n) is 13.4. The Morgan fingerprint density at radius 3 is 2.56 bits per heavy atom. The van der Waals surface area contributed by atoms with Crippen LogP contribution >= 0.6 is 23.2 Å². The predicted molar refractivity (Wildman–Crippen MR) is 98.7 cm³/mol. The number of carbonyl (C=O) groups is 1. The minimum absolute atomic E-state index is 0.213. The van der Waals surface area contributed by atoms with Crippen LogP contribution in [0.2, 0.25) is 10.0 Å². The summed E-state index contributed by atoms with van der Waals surface area (Å²) < 4.78 is 6.83. The van der Waals surface area contributed by atoms with Crippen LogP contribution in [0.1, 0.15) is 15.9 Å². The molecular weight excluding hydrogens is 361 g/mol. The number of carbonyl (C=O) groups excluding carboxylic acids is 1. The fourth-order valence-corrected chi connectivity index (χ4v) is 2.73. The van der Waals surface area contributed by atoms with Crippen LogP contribution in [0.3, 0.4) is 0 Å². The van der Waals surface area contributed by atoms with Crippen molar-refractivity contribution < 1.29 is 9.53 Å². The molecule has 0 aliphatic heterocycles. The second-order valence-corrected chi connectivity index (χ2v) is 6.20. The molecule has 0 radical (unpaired) electrons. The maximum atomic E-state index is 12.3. The Hall–Kier alpha value is -2.50. The molecule has 0 saturated heterocycles. The summed E-state index contributed by atoms with van der Waals surface area (Å²) in [5.74, 6) is 0.345. The lowest BCUT2D eigenvalue weighted by Gasteiger charge is -2.09. The average molecular weight is 376 g/mol. The minimum Gasteiger partial charge on any atom is -0.495 e. The average Bonchev–Trinajstić information content (AvgIpc) is 3.00. The number of nitrogens with zero attached hydrogens (tertiary/aromatic N) is 2. The van der Waals surface area contributed by atoms with Gasteiger partial charge in [-0.25, -0.2) is 0 Å². The van der Waals surface area contributed by atoms with Crippen LogP contribution in [-0.2, 0) is 6.54 Å². The number of benzene rings is 2. The van der Waals surface area contributed by atoms with E-state index >= 15 is 0 Å². The monoisotopic (exact) mass is 375 g/mol. The summed E-state index contributed by atoms with van der Waals surface area (Å²) in [6.07, 6.45) is 3.33. The van der Waals surface area contributed by atoms with E-state index in [2.05, 4.69) is 10.4 Å². The second kappa shape index (κ2) is 7.59. The summed E-state index contributed by atoms with van der Waals surface area (Å²) in [6.45, 7) is 0.586. The molecule has 1 aromatic heterocycles. The first-order chi connectivity index (χ1) is 12.0. The van der Waals surface area contributed by atoms with Crippen molar-refractivity contribution in [3.05, 3.63) is 76.0 Å². The van der Waals surface area contributed by atoms with E-state index < -0.39 is 0 Å². The topological polar surface area (TPSA) is 56.1 Å². The lowest BCUT2D eigenvalue weighted by atomic mass is 10.1.